The van der Waals surface area contributed by atoms with Gasteiger partial charge in [0.15, 0.2) is 5.82 Å². The predicted molar refractivity (Wildman–Crippen MR) is 110 cm³/mol. The number of hydrogen-bond acceptors (Lipinski definition) is 5. The molecule has 0 radical (unpaired) electrons. The summed E-state index contributed by atoms with van der Waals surface area (Å²) in [5.41, 5.74) is 3.34. The third-order valence-electron chi connectivity index (χ3n) is 4.95. The van der Waals surface area contributed by atoms with Crippen molar-refractivity contribution in [1.82, 2.24) is 24.6 Å². The van der Waals surface area contributed by atoms with Crippen molar-refractivity contribution in [2.45, 2.75) is 32.9 Å². The number of aromatic nitrogens is 4. The molecule has 0 saturated carbocycles. The molecule has 0 aliphatic carbocycles. The first-order chi connectivity index (χ1) is 13.1. The number of hydrogen-bond donors (Lipinski definition) is 1. The van der Waals surface area contributed by atoms with Gasteiger partial charge in [-0.1, -0.05) is 30.3 Å². The number of anilines is 1. The van der Waals surface area contributed by atoms with Gasteiger partial charge in [0.2, 0.25) is 0 Å². The molecule has 6 nitrogen and oxygen atoms in total. The van der Waals surface area contributed by atoms with E-state index in [0.717, 1.165) is 53.6 Å². The van der Waals surface area contributed by atoms with E-state index in [2.05, 4.69) is 71.5 Å². The molecule has 0 amide bonds. The third kappa shape index (κ3) is 4.04. The molecule has 4 rings (SSSR count). The number of benzene rings is 1. The highest BCUT2D eigenvalue weighted by Gasteiger charge is 2.23. The molecule has 1 unspecified atom stereocenters. The van der Waals surface area contributed by atoms with Crippen LogP contribution < -0.4 is 5.32 Å². The third-order valence-corrected chi connectivity index (χ3v) is 6.09. The minimum atomic E-state index is 0.392. The minimum absolute atomic E-state index is 0.392. The summed E-state index contributed by atoms with van der Waals surface area (Å²) < 4.78 is 2.87. The number of likely N-dealkylation sites (tertiary alicyclic amines) is 1. The average Bonchev–Trinajstić information content (AvgIpc) is 3.22. The molecule has 1 fully saturated rings. The van der Waals surface area contributed by atoms with Crippen molar-refractivity contribution in [3.8, 4) is 5.82 Å². The van der Waals surface area contributed by atoms with Gasteiger partial charge in [0, 0.05) is 31.7 Å². The van der Waals surface area contributed by atoms with E-state index in [1.807, 2.05) is 24.6 Å². The SMILES string of the molecule is Cc1nn(-c2cc(NC3CCN(Cc4ccccc4)C3)ncn2)c(C)c1Br. The summed E-state index contributed by atoms with van der Waals surface area (Å²) in [7, 11) is 0. The van der Waals surface area contributed by atoms with E-state index in [9.17, 15) is 0 Å². The fraction of sp³-hybridized carbons (Fsp3) is 0.350. The van der Waals surface area contributed by atoms with Crippen LogP contribution in [0.15, 0.2) is 47.2 Å². The van der Waals surface area contributed by atoms with Crippen molar-refractivity contribution in [1.29, 1.82) is 0 Å². The molecule has 1 aromatic carbocycles. The standard InChI is InChI=1S/C20H23BrN6/c1-14-20(21)15(2)27(25-14)19-10-18(22-13-23-19)24-17-8-9-26(12-17)11-16-6-4-3-5-7-16/h3-7,10,13,17H,8-9,11-12H2,1-2H3,(H,22,23,24). The molecule has 3 heterocycles. The topological polar surface area (TPSA) is 58.9 Å². The highest BCUT2D eigenvalue weighted by Crippen LogP contribution is 2.23. The Morgan fingerprint density at radius 2 is 2.00 bits per heavy atom. The van der Waals surface area contributed by atoms with Gasteiger partial charge in [-0.25, -0.2) is 14.6 Å². The van der Waals surface area contributed by atoms with Crippen LogP contribution in [-0.4, -0.2) is 43.8 Å². The van der Waals surface area contributed by atoms with Gasteiger partial charge < -0.3 is 5.32 Å². The molecule has 3 aromatic rings. The van der Waals surface area contributed by atoms with E-state index in [1.165, 1.54) is 5.56 Å². The Bertz CT molecular complexity index is 923. The summed E-state index contributed by atoms with van der Waals surface area (Å²) >= 11 is 3.57. The summed E-state index contributed by atoms with van der Waals surface area (Å²) in [6.07, 6.45) is 2.70. The van der Waals surface area contributed by atoms with Crippen molar-refractivity contribution in [2.75, 3.05) is 18.4 Å². The molecule has 1 atom stereocenters. The highest BCUT2D eigenvalue weighted by molar-refractivity contribution is 9.10. The first-order valence-electron chi connectivity index (χ1n) is 9.17. The summed E-state index contributed by atoms with van der Waals surface area (Å²) in [6, 6.07) is 13.0. The number of aryl methyl sites for hydroxylation is 1. The fourth-order valence-corrected chi connectivity index (χ4v) is 3.78. The Morgan fingerprint density at radius 1 is 1.19 bits per heavy atom. The lowest BCUT2D eigenvalue weighted by atomic mass is 10.2. The zero-order valence-electron chi connectivity index (χ0n) is 15.6. The summed E-state index contributed by atoms with van der Waals surface area (Å²) in [5.74, 6) is 1.62. The smallest absolute Gasteiger partial charge is 0.159 e. The van der Waals surface area contributed by atoms with Gasteiger partial charge in [-0.15, -0.1) is 0 Å². The van der Waals surface area contributed by atoms with Gasteiger partial charge >= 0.3 is 0 Å². The van der Waals surface area contributed by atoms with Crippen LogP contribution in [0, 0.1) is 13.8 Å². The fourth-order valence-electron chi connectivity index (χ4n) is 3.53. The van der Waals surface area contributed by atoms with Gasteiger partial charge in [-0.2, -0.15) is 5.10 Å². The maximum absolute atomic E-state index is 4.56. The lowest BCUT2D eigenvalue weighted by Crippen LogP contribution is -2.26. The molecule has 1 saturated heterocycles. The van der Waals surface area contributed by atoms with E-state index < -0.39 is 0 Å². The maximum Gasteiger partial charge on any atom is 0.159 e. The Hall–Kier alpha value is -2.25. The van der Waals surface area contributed by atoms with Gasteiger partial charge in [0.05, 0.1) is 15.9 Å². The lowest BCUT2D eigenvalue weighted by molar-refractivity contribution is 0.328. The monoisotopic (exact) mass is 426 g/mol. The Balaban J connectivity index is 1.42. The zero-order valence-corrected chi connectivity index (χ0v) is 17.1. The van der Waals surface area contributed by atoms with E-state index in [-0.39, 0.29) is 0 Å². The number of halogens is 1. The van der Waals surface area contributed by atoms with E-state index in [1.54, 1.807) is 6.33 Å². The summed E-state index contributed by atoms with van der Waals surface area (Å²) in [4.78, 5) is 11.3. The van der Waals surface area contributed by atoms with Crippen LogP contribution in [0.3, 0.4) is 0 Å². The Labute approximate surface area is 167 Å². The second kappa shape index (κ2) is 7.78. The van der Waals surface area contributed by atoms with E-state index in [0.29, 0.717) is 6.04 Å². The molecule has 1 N–H and O–H groups in total. The molecule has 1 aliphatic rings. The molecular weight excluding hydrogens is 404 g/mol. The molecule has 140 valence electrons. The molecule has 1 aliphatic heterocycles. The van der Waals surface area contributed by atoms with Crippen LogP contribution in [0.25, 0.3) is 5.82 Å². The van der Waals surface area contributed by atoms with Crippen LogP contribution in [-0.2, 0) is 6.54 Å². The van der Waals surface area contributed by atoms with Crippen molar-refractivity contribution in [3.63, 3.8) is 0 Å². The van der Waals surface area contributed by atoms with Gasteiger partial charge in [-0.05, 0) is 41.8 Å². The second-order valence-electron chi connectivity index (χ2n) is 7.01. The van der Waals surface area contributed by atoms with Gasteiger partial charge in [-0.3, -0.25) is 4.90 Å². The molecule has 27 heavy (non-hydrogen) atoms. The van der Waals surface area contributed by atoms with Crippen LogP contribution in [0.5, 0.6) is 0 Å². The van der Waals surface area contributed by atoms with Crippen LogP contribution in [0.4, 0.5) is 5.82 Å². The number of nitrogens with one attached hydrogen (secondary N) is 1. The molecular formula is C20H23BrN6. The molecule has 0 spiro atoms. The number of rotatable bonds is 5. The Morgan fingerprint density at radius 3 is 2.74 bits per heavy atom. The highest BCUT2D eigenvalue weighted by atomic mass is 79.9. The largest absolute Gasteiger partial charge is 0.366 e. The van der Waals surface area contributed by atoms with E-state index in [4.69, 9.17) is 0 Å². The van der Waals surface area contributed by atoms with Crippen LogP contribution >= 0.6 is 15.9 Å². The minimum Gasteiger partial charge on any atom is -0.366 e. The van der Waals surface area contributed by atoms with Gasteiger partial charge in [0.25, 0.3) is 0 Å². The van der Waals surface area contributed by atoms with E-state index >= 15 is 0 Å². The van der Waals surface area contributed by atoms with Gasteiger partial charge in [0.1, 0.15) is 12.1 Å². The van der Waals surface area contributed by atoms with Crippen molar-refractivity contribution in [2.24, 2.45) is 0 Å². The van der Waals surface area contributed by atoms with Crippen molar-refractivity contribution >= 4 is 21.7 Å². The van der Waals surface area contributed by atoms with Crippen LogP contribution in [0.1, 0.15) is 23.4 Å². The van der Waals surface area contributed by atoms with Crippen LogP contribution in [0.2, 0.25) is 0 Å². The second-order valence-corrected chi connectivity index (χ2v) is 7.80. The normalized spacial score (nSPS) is 17.4. The predicted octanol–water partition coefficient (Wildman–Crippen LogP) is 3.73. The molecule has 7 heteroatoms. The number of nitrogens with zero attached hydrogens (tertiary/aromatic N) is 5. The van der Waals surface area contributed by atoms with Crippen molar-refractivity contribution in [3.05, 3.63) is 64.1 Å². The average molecular weight is 427 g/mol. The first kappa shape index (κ1) is 18.1. The summed E-state index contributed by atoms with van der Waals surface area (Å²) in [5, 5.41) is 8.12. The quantitative estimate of drug-likeness (QED) is 0.673. The summed E-state index contributed by atoms with van der Waals surface area (Å²) in [6.45, 7) is 7.11. The maximum atomic E-state index is 4.56. The van der Waals surface area contributed by atoms with Crippen molar-refractivity contribution < 1.29 is 0 Å². The molecule has 2 aromatic heterocycles. The zero-order chi connectivity index (χ0) is 18.8. The first-order valence-corrected chi connectivity index (χ1v) is 9.96. The lowest BCUT2D eigenvalue weighted by Gasteiger charge is -2.17. The molecule has 0 bridgehead atoms. The Kier molecular flexibility index (Phi) is 5.22.